The largest absolute Gasteiger partial charge is 0.380 e. The molecule has 5 aliphatic heterocycles. The first-order chi connectivity index (χ1) is 19.3. The summed E-state index contributed by atoms with van der Waals surface area (Å²) in [5, 5.41) is 7.12. The summed E-state index contributed by atoms with van der Waals surface area (Å²) in [5.41, 5.74) is 5.69. The van der Waals surface area contributed by atoms with Crippen LogP contribution in [-0.4, -0.2) is 79.8 Å². The molecule has 9 nitrogen and oxygen atoms in total. The summed E-state index contributed by atoms with van der Waals surface area (Å²) in [6.45, 7) is 1.83. The van der Waals surface area contributed by atoms with Crippen LogP contribution in [0.25, 0.3) is 0 Å². The van der Waals surface area contributed by atoms with Gasteiger partial charge in [0.2, 0.25) is 5.92 Å². The van der Waals surface area contributed by atoms with Crippen LogP contribution in [0.4, 0.5) is 8.78 Å². The predicted octanol–water partition coefficient (Wildman–Crippen LogP) is 3.88. The minimum Gasteiger partial charge on any atom is -0.380 e. The van der Waals surface area contributed by atoms with E-state index in [1.807, 2.05) is 0 Å². The van der Waals surface area contributed by atoms with Crippen molar-refractivity contribution in [2.75, 3.05) is 19.8 Å². The number of nitrogens with one attached hydrogen (secondary N) is 1. The Balaban J connectivity index is 0.000000246. The molecule has 0 spiro atoms. The molecule has 6 fully saturated rings. The van der Waals surface area contributed by atoms with E-state index in [4.69, 9.17) is 15.0 Å². The summed E-state index contributed by atoms with van der Waals surface area (Å²) in [5.74, 6) is -1.27. The highest BCUT2D eigenvalue weighted by molar-refractivity contribution is 7.80. The van der Waals surface area contributed by atoms with E-state index in [9.17, 15) is 17.8 Å². The minimum absolute atomic E-state index is 0.0366. The smallest absolute Gasteiger partial charge is 0.273 e. The number of rotatable bonds is 6. The number of piperidine rings is 2. The predicted molar refractivity (Wildman–Crippen MR) is 146 cm³/mol. The number of aromatic nitrogens is 1. The first-order valence-electron chi connectivity index (χ1n) is 15.2. The van der Waals surface area contributed by atoms with E-state index in [1.165, 1.54) is 32.1 Å². The lowest BCUT2D eigenvalue weighted by Gasteiger charge is -2.43. The fourth-order valence-corrected chi connectivity index (χ4v) is 9.57. The first kappa shape index (κ1) is 28.6. The molecule has 5 saturated heterocycles. The van der Waals surface area contributed by atoms with Gasteiger partial charge in [-0.3, -0.25) is 4.79 Å². The highest BCUT2D eigenvalue weighted by Gasteiger charge is 2.49. The van der Waals surface area contributed by atoms with Crippen LogP contribution in [0.5, 0.6) is 0 Å². The quantitative estimate of drug-likeness (QED) is 0.526. The Morgan fingerprint density at radius 1 is 1.00 bits per heavy atom. The molecule has 6 heterocycles. The van der Waals surface area contributed by atoms with E-state index < -0.39 is 17.1 Å². The Bertz CT molecular complexity index is 1030. The topological polar surface area (TPSA) is 114 Å². The highest BCUT2D eigenvalue weighted by Crippen LogP contribution is 2.43. The number of carbonyl (C=O) groups excluding carboxylic acids is 1. The van der Waals surface area contributed by atoms with E-state index in [1.54, 1.807) is 6.07 Å². The Morgan fingerprint density at radius 3 is 2.17 bits per heavy atom. The standard InChI is InChI=1S/C21H30N4O4S.C7H13F2N/c26-21(19-10-20(29-23-19)13-11-28-12-13)22-14-8-17-6-7-18(9-14)25(17)30(27)24-15-2-1-3-16(24)5-4-15;8-7(9)3-1-6(5-10)2-4-7/h10,13-18H,1-9,11-12H2,(H,22,26);6H,1-5,10H2. The van der Waals surface area contributed by atoms with Crippen LogP contribution in [0.3, 0.4) is 0 Å². The van der Waals surface area contributed by atoms with Crippen LogP contribution in [0.1, 0.15) is 106 Å². The SMILES string of the molecule is NCC1CCC(F)(F)CC1.O=C(NC1CC2CCC(C1)N2S(=O)N1C2CCCC1CC2)c1cc(C2COC2)on1. The number of nitrogens with two attached hydrogens (primary N) is 1. The zero-order valence-electron chi connectivity index (χ0n) is 23.1. The number of carbonyl (C=O) groups is 1. The number of halogens is 2. The first-order valence-corrected chi connectivity index (χ1v) is 16.3. The van der Waals surface area contributed by atoms with Crippen LogP contribution in [0, 0.1) is 5.92 Å². The third-order valence-electron chi connectivity index (χ3n) is 9.96. The monoisotopic (exact) mass is 583 g/mol. The number of alkyl halides is 2. The Hall–Kier alpha value is -1.47. The van der Waals surface area contributed by atoms with Crippen molar-refractivity contribution in [3.8, 4) is 0 Å². The number of amides is 1. The molecule has 1 saturated carbocycles. The third kappa shape index (κ3) is 6.02. The average Bonchev–Trinajstić information content (AvgIpc) is 3.56. The maximum absolute atomic E-state index is 13.6. The molecule has 5 atom stereocenters. The molecule has 3 N–H and O–H groups in total. The van der Waals surface area contributed by atoms with Crippen molar-refractivity contribution >= 4 is 17.1 Å². The molecule has 1 aromatic heterocycles. The van der Waals surface area contributed by atoms with E-state index >= 15 is 0 Å². The highest BCUT2D eigenvalue weighted by atomic mass is 32.2. The lowest BCUT2D eigenvalue weighted by Crippen LogP contribution is -2.55. The molecule has 12 heteroatoms. The fourth-order valence-electron chi connectivity index (χ4n) is 7.52. The lowest BCUT2D eigenvalue weighted by molar-refractivity contribution is -0.0447. The van der Waals surface area contributed by atoms with Gasteiger partial charge in [-0.2, -0.15) is 0 Å². The van der Waals surface area contributed by atoms with Crippen LogP contribution < -0.4 is 11.1 Å². The van der Waals surface area contributed by atoms with Gasteiger partial charge in [-0.1, -0.05) is 11.6 Å². The van der Waals surface area contributed by atoms with Gasteiger partial charge in [0.1, 0.15) is 5.76 Å². The Labute approximate surface area is 237 Å². The zero-order valence-corrected chi connectivity index (χ0v) is 24.0. The number of ether oxygens (including phenoxy) is 1. The average molecular weight is 584 g/mol. The molecule has 40 heavy (non-hydrogen) atoms. The van der Waals surface area contributed by atoms with Gasteiger partial charge in [-0.25, -0.2) is 21.6 Å². The van der Waals surface area contributed by atoms with Gasteiger partial charge in [-0.15, -0.1) is 0 Å². The van der Waals surface area contributed by atoms with Crippen molar-refractivity contribution in [3.05, 3.63) is 17.5 Å². The van der Waals surface area contributed by atoms with E-state index in [2.05, 4.69) is 19.1 Å². The Kier molecular flexibility index (Phi) is 8.61. The zero-order chi connectivity index (χ0) is 27.9. The van der Waals surface area contributed by atoms with Crippen LogP contribution in [0.2, 0.25) is 0 Å². The molecule has 0 aromatic carbocycles. The van der Waals surface area contributed by atoms with E-state index in [0.29, 0.717) is 56.3 Å². The number of hydrogen-bond donors (Lipinski definition) is 2. The number of fused-ring (bicyclic) bond motifs is 4. The second-order valence-electron chi connectivity index (χ2n) is 12.7. The van der Waals surface area contributed by atoms with Gasteiger partial charge in [0.25, 0.3) is 5.91 Å². The minimum atomic E-state index is -2.40. The van der Waals surface area contributed by atoms with Gasteiger partial charge in [-0.05, 0) is 76.7 Å². The van der Waals surface area contributed by atoms with Gasteiger partial charge in [0.15, 0.2) is 16.9 Å². The second-order valence-corrected chi connectivity index (χ2v) is 14.0. The summed E-state index contributed by atoms with van der Waals surface area (Å²) in [4.78, 5) is 12.7. The molecule has 5 unspecified atom stereocenters. The number of nitrogens with zero attached hydrogens (tertiary/aromatic N) is 3. The van der Waals surface area contributed by atoms with Crippen LogP contribution in [0.15, 0.2) is 10.6 Å². The molecular formula is C28H43F2N5O4S. The summed E-state index contributed by atoms with van der Waals surface area (Å²) < 4.78 is 53.6. The van der Waals surface area contributed by atoms with Crippen molar-refractivity contribution in [1.29, 1.82) is 0 Å². The van der Waals surface area contributed by atoms with Crippen molar-refractivity contribution in [3.63, 3.8) is 0 Å². The third-order valence-corrected chi connectivity index (χ3v) is 11.9. The van der Waals surface area contributed by atoms with Crippen LogP contribution >= 0.6 is 0 Å². The fraction of sp³-hybridized carbons (Fsp3) is 0.857. The normalized spacial score (nSPS) is 35.0. The summed E-state index contributed by atoms with van der Waals surface area (Å²) in [7, 11) is 0. The Morgan fingerprint density at radius 2 is 1.60 bits per heavy atom. The van der Waals surface area contributed by atoms with Gasteiger partial charge < -0.3 is 20.3 Å². The summed E-state index contributed by atoms with van der Waals surface area (Å²) >= 11 is -1.03. The van der Waals surface area contributed by atoms with Crippen molar-refractivity contribution in [1.82, 2.24) is 19.1 Å². The molecule has 1 aliphatic carbocycles. The molecule has 0 radical (unpaired) electrons. The molecular weight excluding hydrogens is 540 g/mol. The van der Waals surface area contributed by atoms with Crippen molar-refractivity contribution < 1.29 is 27.0 Å². The van der Waals surface area contributed by atoms with Crippen LogP contribution in [-0.2, 0) is 15.9 Å². The molecule has 1 aromatic rings. The molecule has 224 valence electrons. The molecule has 7 rings (SSSR count). The maximum Gasteiger partial charge on any atom is 0.273 e. The van der Waals surface area contributed by atoms with E-state index in [0.717, 1.165) is 31.4 Å². The van der Waals surface area contributed by atoms with Gasteiger partial charge >= 0.3 is 0 Å². The van der Waals surface area contributed by atoms with Gasteiger partial charge in [0.05, 0.1) is 19.1 Å². The molecule has 1 amide bonds. The van der Waals surface area contributed by atoms with Gasteiger partial charge in [0, 0.05) is 49.1 Å². The second kappa shape index (κ2) is 12.0. The maximum atomic E-state index is 13.6. The van der Waals surface area contributed by atoms with E-state index in [-0.39, 0.29) is 42.8 Å². The summed E-state index contributed by atoms with van der Waals surface area (Å²) in [6, 6.07) is 3.43. The molecule has 4 bridgehead atoms. The van der Waals surface area contributed by atoms with Crippen molar-refractivity contribution in [2.24, 2.45) is 11.7 Å². The lowest BCUT2D eigenvalue weighted by atomic mass is 9.87. The number of hydrogen-bond acceptors (Lipinski definition) is 6. The molecule has 6 aliphatic rings. The summed E-state index contributed by atoms with van der Waals surface area (Å²) in [6.07, 6.45) is 11.2. The van der Waals surface area contributed by atoms with Crippen molar-refractivity contribution in [2.45, 2.75) is 126 Å².